The van der Waals surface area contributed by atoms with Crippen molar-refractivity contribution in [3.8, 4) is 5.75 Å². The molecule has 1 saturated heterocycles. The SMILES string of the molecule is COc1ccccc1NC(=O)[C@H](C)N1C(=O)[C@H]2CCCC[C@@H]2C1=O. The summed E-state index contributed by atoms with van der Waals surface area (Å²) in [5, 5.41) is 2.75. The molecule has 0 unspecified atom stereocenters. The van der Waals surface area contributed by atoms with E-state index in [1.54, 1.807) is 31.2 Å². The summed E-state index contributed by atoms with van der Waals surface area (Å²) in [5.74, 6) is -0.745. The number of benzene rings is 1. The molecular weight excluding hydrogens is 308 g/mol. The molecular formula is C18H22N2O4. The highest BCUT2D eigenvalue weighted by Gasteiger charge is 2.50. The van der Waals surface area contributed by atoms with Crippen LogP contribution in [-0.2, 0) is 14.4 Å². The fourth-order valence-electron chi connectivity index (χ4n) is 3.67. The summed E-state index contributed by atoms with van der Waals surface area (Å²) in [7, 11) is 1.52. The van der Waals surface area contributed by atoms with Gasteiger partial charge in [-0.3, -0.25) is 19.3 Å². The number of anilines is 1. The standard InChI is InChI=1S/C18H22N2O4/c1-11(16(21)19-14-9-5-6-10-15(14)24-2)20-17(22)12-7-3-4-8-13(12)18(20)23/h5-6,9-13H,3-4,7-8H2,1-2H3,(H,19,21)/t11-,12-,13-/m0/s1. The van der Waals surface area contributed by atoms with Gasteiger partial charge in [-0.05, 0) is 31.9 Å². The van der Waals surface area contributed by atoms with Crippen LogP contribution in [0.1, 0.15) is 32.6 Å². The number of amides is 3. The van der Waals surface area contributed by atoms with Crippen LogP contribution in [0, 0.1) is 11.8 Å². The fraction of sp³-hybridized carbons (Fsp3) is 0.500. The van der Waals surface area contributed by atoms with Crippen molar-refractivity contribution in [2.75, 3.05) is 12.4 Å². The first kappa shape index (κ1) is 16.5. The van der Waals surface area contributed by atoms with Crippen molar-refractivity contribution >= 4 is 23.4 Å². The average molecular weight is 330 g/mol. The number of hydrogen-bond acceptors (Lipinski definition) is 4. The van der Waals surface area contributed by atoms with Gasteiger partial charge in [0.25, 0.3) is 0 Å². The van der Waals surface area contributed by atoms with E-state index in [2.05, 4.69) is 5.32 Å². The first-order valence-electron chi connectivity index (χ1n) is 8.35. The third-order valence-corrected chi connectivity index (χ3v) is 5.01. The van der Waals surface area contributed by atoms with Gasteiger partial charge in [0, 0.05) is 0 Å². The molecule has 1 N–H and O–H groups in total. The maximum atomic E-state index is 12.6. The zero-order valence-electron chi connectivity index (χ0n) is 14.0. The molecule has 0 radical (unpaired) electrons. The zero-order valence-corrected chi connectivity index (χ0v) is 14.0. The molecule has 128 valence electrons. The minimum absolute atomic E-state index is 0.202. The van der Waals surface area contributed by atoms with Crippen LogP contribution in [0.15, 0.2) is 24.3 Å². The Morgan fingerprint density at radius 3 is 2.33 bits per heavy atom. The average Bonchev–Trinajstić information content (AvgIpc) is 2.86. The van der Waals surface area contributed by atoms with Gasteiger partial charge in [0.15, 0.2) is 0 Å². The third-order valence-electron chi connectivity index (χ3n) is 5.01. The summed E-state index contributed by atoms with van der Waals surface area (Å²) in [4.78, 5) is 38.9. The Morgan fingerprint density at radius 2 is 1.75 bits per heavy atom. The van der Waals surface area contributed by atoms with Crippen LogP contribution in [-0.4, -0.2) is 35.8 Å². The summed E-state index contributed by atoms with van der Waals surface area (Å²) < 4.78 is 5.21. The molecule has 24 heavy (non-hydrogen) atoms. The van der Waals surface area contributed by atoms with Gasteiger partial charge < -0.3 is 10.1 Å². The molecule has 0 spiro atoms. The number of imide groups is 1. The highest BCUT2D eigenvalue weighted by molar-refractivity contribution is 6.10. The van der Waals surface area contributed by atoms with E-state index < -0.39 is 6.04 Å². The van der Waals surface area contributed by atoms with Gasteiger partial charge in [-0.15, -0.1) is 0 Å². The van der Waals surface area contributed by atoms with Crippen LogP contribution < -0.4 is 10.1 Å². The second kappa shape index (κ2) is 6.63. The summed E-state index contributed by atoms with van der Waals surface area (Å²) in [5.41, 5.74) is 0.522. The maximum absolute atomic E-state index is 12.6. The first-order chi connectivity index (χ1) is 11.5. The lowest BCUT2D eigenvalue weighted by Crippen LogP contribution is -2.46. The molecule has 1 aromatic rings. The monoisotopic (exact) mass is 330 g/mol. The Labute approximate surface area is 141 Å². The van der Waals surface area contributed by atoms with Crippen molar-refractivity contribution in [3.05, 3.63) is 24.3 Å². The van der Waals surface area contributed by atoms with Crippen LogP contribution in [0.3, 0.4) is 0 Å². The second-order valence-corrected chi connectivity index (χ2v) is 6.41. The number of hydrogen-bond donors (Lipinski definition) is 1. The molecule has 0 bridgehead atoms. The van der Waals surface area contributed by atoms with E-state index in [4.69, 9.17) is 4.74 Å². The number of nitrogens with one attached hydrogen (secondary N) is 1. The fourth-order valence-corrected chi connectivity index (χ4v) is 3.67. The Morgan fingerprint density at radius 1 is 1.17 bits per heavy atom. The number of likely N-dealkylation sites (tertiary alicyclic amines) is 1. The topological polar surface area (TPSA) is 75.7 Å². The molecule has 6 heteroatoms. The quantitative estimate of drug-likeness (QED) is 0.859. The van der Waals surface area contributed by atoms with Crippen molar-refractivity contribution in [1.82, 2.24) is 4.90 Å². The van der Waals surface area contributed by atoms with Crippen LogP contribution in [0.4, 0.5) is 5.69 Å². The number of carbonyl (C=O) groups is 3. The summed E-state index contributed by atoms with van der Waals surface area (Å²) in [6.07, 6.45) is 3.42. The minimum Gasteiger partial charge on any atom is -0.495 e. The summed E-state index contributed by atoms with van der Waals surface area (Å²) >= 11 is 0. The van der Waals surface area contributed by atoms with E-state index >= 15 is 0 Å². The Hall–Kier alpha value is -2.37. The van der Waals surface area contributed by atoms with E-state index in [1.165, 1.54) is 7.11 Å². The molecule has 3 amide bonds. The predicted octanol–water partition coefficient (Wildman–Crippen LogP) is 2.20. The lowest BCUT2D eigenvalue weighted by atomic mass is 9.81. The number of carbonyl (C=O) groups excluding carboxylic acids is 3. The van der Waals surface area contributed by atoms with Crippen molar-refractivity contribution < 1.29 is 19.1 Å². The number of nitrogens with zero attached hydrogens (tertiary/aromatic N) is 1. The van der Waals surface area contributed by atoms with Gasteiger partial charge in [-0.25, -0.2) is 0 Å². The minimum atomic E-state index is -0.833. The van der Waals surface area contributed by atoms with Crippen LogP contribution >= 0.6 is 0 Å². The van der Waals surface area contributed by atoms with Crippen LogP contribution in [0.5, 0.6) is 5.75 Å². The van der Waals surface area contributed by atoms with Gasteiger partial charge in [-0.2, -0.15) is 0 Å². The van der Waals surface area contributed by atoms with Crippen molar-refractivity contribution in [1.29, 1.82) is 0 Å². The maximum Gasteiger partial charge on any atom is 0.247 e. The van der Waals surface area contributed by atoms with Gasteiger partial charge in [0.1, 0.15) is 11.8 Å². The van der Waals surface area contributed by atoms with Gasteiger partial charge >= 0.3 is 0 Å². The van der Waals surface area contributed by atoms with Gasteiger partial charge in [0.2, 0.25) is 17.7 Å². The van der Waals surface area contributed by atoms with E-state index in [9.17, 15) is 14.4 Å². The lowest BCUT2D eigenvalue weighted by molar-refractivity contribution is -0.146. The molecule has 2 aliphatic rings. The number of methoxy groups -OCH3 is 1. The Bertz CT molecular complexity index is 649. The molecule has 1 aliphatic carbocycles. The summed E-state index contributed by atoms with van der Waals surface area (Å²) in [6.45, 7) is 1.60. The van der Waals surface area contributed by atoms with E-state index in [0.29, 0.717) is 11.4 Å². The number of ether oxygens (including phenoxy) is 1. The molecule has 6 nitrogen and oxygen atoms in total. The molecule has 1 heterocycles. The highest BCUT2D eigenvalue weighted by Crippen LogP contribution is 2.39. The highest BCUT2D eigenvalue weighted by atomic mass is 16.5. The normalized spacial score (nSPS) is 24.5. The zero-order chi connectivity index (χ0) is 17.3. The number of rotatable bonds is 4. The molecule has 2 fully saturated rings. The molecule has 1 aromatic carbocycles. The smallest absolute Gasteiger partial charge is 0.247 e. The largest absolute Gasteiger partial charge is 0.495 e. The van der Waals surface area contributed by atoms with E-state index in [0.717, 1.165) is 30.6 Å². The first-order valence-corrected chi connectivity index (χ1v) is 8.35. The van der Waals surface area contributed by atoms with Crippen molar-refractivity contribution in [3.63, 3.8) is 0 Å². The third kappa shape index (κ3) is 2.77. The molecule has 1 aliphatic heterocycles. The van der Waals surface area contributed by atoms with Crippen LogP contribution in [0.25, 0.3) is 0 Å². The van der Waals surface area contributed by atoms with Crippen molar-refractivity contribution in [2.45, 2.75) is 38.6 Å². The Balaban J connectivity index is 1.76. The van der Waals surface area contributed by atoms with Crippen molar-refractivity contribution in [2.24, 2.45) is 11.8 Å². The van der Waals surface area contributed by atoms with E-state index in [1.807, 2.05) is 0 Å². The van der Waals surface area contributed by atoms with Crippen LogP contribution in [0.2, 0.25) is 0 Å². The number of para-hydroxylation sites is 2. The Kier molecular flexibility index (Phi) is 4.55. The summed E-state index contributed by atoms with van der Waals surface area (Å²) in [6, 6.07) is 6.21. The lowest BCUT2D eigenvalue weighted by Gasteiger charge is -2.22. The second-order valence-electron chi connectivity index (χ2n) is 6.41. The van der Waals surface area contributed by atoms with Gasteiger partial charge in [0.05, 0.1) is 24.6 Å². The predicted molar refractivity (Wildman–Crippen MR) is 88.4 cm³/mol. The number of fused-ring (bicyclic) bond motifs is 1. The molecule has 0 aromatic heterocycles. The molecule has 1 saturated carbocycles. The molecule has 3 rings (SSSR count). The van der Waals surface area contributed by atoms with E-state index in [-0.39, 0.29) is 29.6 Å². The molecule has 3 atom stereocenters. The van der Waals surface area contributed by atoms with Gasteiger partial charge in [-0.1, -0.05) is 25.0 Å².